The van der Waals surface area contributed by atoms with Gasteiger partial charge in [0, 0.05) is 28.4 Å². The summed E-state index contributed by atoms with van der Waals surface area (Å²) >= 11 is 0. The Morgan fingerprint density at radius 3 is 2.61 bits per heavy atom. The molecule has 10 nitrogen and oxygen atoms in total. The summed E-state index contributed by atoms with van der Waals surface area (Å²) < 4.78 is 25.2. The minimum atomic E-state index is -0.731. The van der Waals surface area contributed by atoms with E-state index in [1.807, 2.05) is 28.8 Å². The number of urea groups is 1. The second kappa shape index (κ2) is 10.1. The summed E-state index contributed by atoms with van der Waals surface area (Å²) in [5, 5.41) is 5.85. The summed E-state index contributed by atoms with van der Waals surface area (Å²) in [6.45, 7) is -0.209. The fourth-order valence-electron chi connectivity index (χ4n) is 4.11. The molecule has 1 aliphatic heterocycles. The van der Waals surface area contributed by atoms with E-state index in [-0.39, 0.29) is 11.5 Å². The van der Waals surface area contributed by atoms with Crippen molar-refractivity contribution < 1.29 is 32.7 Å². The molecule has 0 spiro atoms. The van der Waals surface area contributed by atoms with Crippen molar-refractivity contribution in [3.8, 4) is 0 Å². The van der Waals surface area contributed by atoms with Gasteiger partial charge < -0.3 is 24.4 Å². The number of anilines is 1. The number of carbonyl (C=O) groups excluding carboxylic acids is 4. The van der Waals surface area contributed by atoms with Gasteiger partial charge in [0.2, 0.25) is 11.7 Å². The Hall–Kier alpha value is -5.19. The zero-order valence-electron chi connectivity index (χ0n) is 20.1. The molecule has 0 saturated carbocycles. The third-order valence-electron chi connectivity index (χ3n) is 5.89. The number of carbonyl (C=O) groups is 4. The third-order valence-corrected chi connectivity index (χ3v) is 5.89. The molecule has 4 amide bonds. The van der Waals surface area contributed by atoms with Crippen LogP contribution < -0.4 is 10.6 Å². The van der Waals surface area contributed by atoms with Gasteiger partial charge in [0.1, 0.15) is 23.8 Å². The molecule has 2 aromatic carbocycles. The van der Waals surface area contributed by atoms with Crippen LogP contribution in [0, 0.1) is 5.82 Å². The number of hydrogen-bond acceptors (Lipinski definition) is 6. The second-order valence-electron chi connectivity index (χ2n) is 8.42. The van der Waals surface area contributed by atoms with Crippen LogP contribution in [0.1, 0.15) is 21.9 Å². The maximum absolute atomic E-state index is 13.1. The lowest BCUT2D eigenvalue weighted by Crippen LogP contribution is -2.38. The molecule has 0 radical (unpaired) electrons. The van der Waals surface area contributed by atoms with E-state index in [1.54, 1.807) is 18.3 Å². The molecule has 11 heteroatoms. The van der Waals surface area contributed by atoms with Gasteiger partial charge in [-0.2, -0.15) is 0 Å². The number of halogens is 1. The van der Waals surface area contributed by atoms with E-state index >= 15 is 0 Å². The van der Waals surface area contributed by atoms with Gasteiger partial charge in [-0.25, -0.2) is 18.9 Å². The minimum Gasteiger partial charge on any atom is -0.463 e. The normalized spacial score (nSPS) is 14.3. The third kappa shape index (κ3) is 4.89. The van der Waals surface area contributed by atoms with Crippen LogP contribution in [0.4, 0.5) is 14.9 Å². The number of fused-ring (bicyclic) bond motifs is 1. The van der Waals surface area contributed by atoms with E-state index in [0.29, 0.717) is 23.6 Å². The highest BCUT2D eigenvalue weighted by atomic mass is 19.1. The fraction of sp³-hybridized carbons (Fsp3) is 0.111. The van der Waals surface area contributed by atoms with Crippen molar-refractivity contribution in [2.45, 2.75) is 6.54 Å². The van der Waals surface area contributed by atoms with Crippen molar-refractivity contribution in [1.82, 2.24) is 14.8 Å². The summed E-state index contributed by atoms with van der Waals surface area (Å²) in [5.74, 6) is -1.69. The van der Waals surface area contributed by atoms with Gasteiger partial charge in [-0.1, -0.05) is 18.2 Å². The molecule has 38 heavy (non-hydrogen) atoms. The molecular weight excluding hydrogens is 495 g/mol. The Bertz CT molecular complexity index is 1600. The largest absolute Gasteiger partial charge is 0.463 e. The Balaban J connectivity index is 1.36. The lowest BCUT2D eigenvalue weighted by atomic mass is 10.1. The zero-order valence-corrected chi connectivity index (χ0v) is 20.1. The average Bonchev–Trinajstić information content (AvgIpc) is 3.59. The van der Waals surface area contributed by atoms with Crippen molar-refractivity contribution in [3.05, 3.63) is 95.5 Å². The number of rotatable bonds is 7. The van der Waals surface area contributed by atoms with Crippen LogP contribution in [-0.2, 0) is 20.9 Å². The van der Waals surface area contributed by atoms with Crippen LogP contribution in [-0.4, -0.2) is 46.9 Å². The number of imide groups is 1. The second-order valence-corrected chi connectivity index (χ2v) is 8.42. The van der Waals surface area contributed by atoms with Gasteiger partial charge in [0.15, 0.2) is 0 Å². The zero-order chi connectivity index (χ0) is 26.8. The smallest absolute Gasteiger partial charge is 0.373 e. The van der Waals surface area contributed by atoms with E-state index in [1.165, 1.54) is 37.4 Å². The van der Waals surface area contributed by atoms with Gasteiger partial charge in [-0.05, 0) is 48.5 Å². The molecule has 1 aliphatic rings. The number of benzene rings is 2. The van der Waals surface area contributed by atoms with E-state index in [2.05, 4.69) is 15.4 Å². The number of nitrogens with zero attached hydrogens (tertiary/aromatic N) is 2. The quantitative estimate of drug-likeness (QED) is 0.219. The van der Waals surface area contributed by atoms with Gasteiger partial charge in [0.25, 0.3) is 5.91 Å². The molecule has 0 atom stereocenters. The number of hydrogen-bond donors (Lipinski definition) is 2. The van der Waals surface area contributed by atoms with Crippen LogP contribution in [0.2, 0.25) is 0 Å². The number of ether oxygens (including phenoxy) is 1. The molecule has 1 saturated heterocycles. The first-order chi connectivity index (χ1) is 18.3. The summed E-state index contributed by atoms with van der Waals surface area (Å²) in [6, 6.07) is 15.1. The molecule has 2 N–H and O–H groups in total. The van der Waals surface area contributed by atoms with Gasteiger partial charge in [-0.3, -0.25) is 9.59 Å². The molecular formula is C27H21FN4O6. The van der Waals surface area contributed by atoms with E-state index < -0.39 is 36.2 Å². The number of esters is 1. The van der Waals surface area contributed by atoms with Crippen molar-refractivity contribution >= 4 is 46.5 Å². The summed E-state index contributed by atoms with van der Waals surface area (Å²) in [5.41, 5.74) is 1.84. The first-order valence-corrected chi connectivity index (χ1v) is 11.5. The monoisotopic (exact) mass is 516 g/mol. The molecule has 3 heterocycles. The van der Waals surface area contributed by atoms with Crippen molar-refractivity contribution in [2.24, 2.45) is 0 Å². The molecule has 2 aromatic heterocycles. The van der Waals surface area contributed by atoms with Crippen LogP contribution in [0.15, 0.2) is 77.0 Å². The summed E-state index contributed by atoms with van der Waals surface area (Å²) in [6.07, 6.45) is 3.33. The molecule has 0 aliphatic carbocycles. The topological polar surface area (TPSA) is 123 Å². The van der Waals surface area contributed by atoms with Crippen LogP contribution >= 0.6 is 0 Å². The number of aromatic nitrogens is 1. The number of para-hydroxylation sites is 1. The summed E-state index contributed by atoms with van der Waals surface area (Å²) in [7, 11) is 1.27. The van der Waals surface area contributed by atoms with Gasteiger partial charge in [-0.15, -0.1) is 0 Å². The molecule has 1 fully saturated rings. The Kier molecular flexibility index (Phi) is 6.48. The number of furan rings is 1. The lowest BCUT2D eigenvalue weighted by Gasteiger charge is -2.11. The van der Waals surface area contributed by atoms with E-state index in [9.17, 15) is 23.6 Å². The predicted molar refractivity (Wildman–Crippen MR) is 134 cm³/mol. The minimum absolute atomic E-state index is 0.0125. The standard InChI is InChI=1S/C27H21FN4O6/c1-37-26(35)23-11-10-19(38-23)14-31-13-16(20-4-2-3-5-22(20)31)12-21-25(34)32(27(36)30-21)15-24(33)29-18-8-6-17(28)7-9-18/h2-13H,14-15H2,1H3,(H,29,33)(H,30,36)/b21-12-. The Morgan fingerprint density at radius 2 is 1.84 bits per heavy atom. The maximum Gasteiger partial charge on any atom is 0.373 e. The highest BCUT2D eigenvalue weighted by Crippen LogP contribution is 2.26. The number of nitrogens with one attached hydrogen (secondary N) is 2. The lowest BCUT2D eigenvalue weighted by molar-refractivity contribution is -0.127. The average molecular weight is 516 g/mol. The SMILES string of the molecule is COC(=O)c1ccc(Cn2cc(/C=C3\NC(=O)N(CC(=O)Nc4ccc(F)cc4)C3=O)c3ccccc32)o1. The number of amides is 4. The first-order valence-electron chi connectivity index (χ1n) is 11.5. The summed E-state index contributed by atoms with van der Waals surface area (Å²) in [4.78, 5) is 50.3. The predicted octanol–water partition coefficient (Wildman–Crippen LogP) is 3.74. The fourth-order valence-corrected chi connectivity index (χ4v) is 4.11. The molecule has 5 rings (SSSR count). The van der Waals surface area contributed by atoms with Crippen molar-refractivity contribution in [2.75, 3.05) is 19.0 Å². The van der Waals surface area contributed by atoms with Crippen LogP contribution in [0.5, 0.6) is 0 Å². The molecule has 4 aromatic rings. The Labute approximate surface area is 215 Å². The van der Waals surface area contributed by atoms with Crippen LogP contribution in [0.25, 0.3) is 17.0 Å². The van der Waals surface area contributed by atoms with Crippen molar-refractivity contribution in [1.29, 1.82) is 0 Å². The van der Waals surface area contributed by atoms with E-state index in [0.717, 1.165) is 15.8 Å². The van der Waals surface area contributed by atoms with E-state index in [4.69, 9.17) is 4.42 Å². The molecule has 192 valence electrons. The van der Waals surface area contributed by atoms with Gasteiger partial charge >= 0.3 is 12.0 Å². The highest BCUT2D eigenvalue weighted by molar-refractivity contribution is 6.16. The maximum atomic E-state index is 13.1. The highest BCUT2D eigenvalue weighted by Gasteiger charge is 2.35. The van der Waals surface area contributed by atoms with Crippen molar-refractivity contribution in [3.63, 3.8) is 0 Å². The Morgan fingerprint density at radius 1 is 1.08 bits per heavy atom. The molecule has 0 bridgehead atoms. The van der Waals surface area contributed by atoms with Gasteiger partial charge in [0.05, 0.1) is 13.7 Å². The first kappa shape index (κ1) is 24.5. The van der Waals surface area contributed by atoms with Crippen LogP contribution in [0.3, 0.4) is 0 Å². The molecule has 0 unspecified atom stereocenters. The number of methoxy groups -OCH3 is 1.